The van der Waals surface area contributed by atoms with Crippen LogP contribution in [0.5, 0.6) is 0 Å². The molecule has 0 saturated heterocycles. The van der Waals surface area contributed by atoms with Crippen LogP contribution in [-0.2, 0) is 20.9 Å². The fourth-order valence-corrected chi connectivity index (χ4v) is 5.34. The van der Waals surface area contributed by atoms with Crippen LogP contribution in [0.4, 0.5) is 10.5 Å². The number of alkyl carbamates (subject to hydrolysis) is 1. The first kappa shape index (κ1) is 30.8. The van der Waals surface area contributed by atoms with E-state index in [4.69, 9.17) is 16.3 Å². The largest absolute Gasteiger partial charge is 0.444 e. The highest BCUT2D eigenvalue weighted by molar-refractivity contribution is 9.10. The molecule has 3 N–H and O–H groups in total. The average molecular weight is 640 g/mol. The van der Waals surface area contributed by atoms with Crippen LogP contribution < -0.4 is 21.1 Å². The van der Waals surface area contributed by atoms with Gasteiger partial charge >= 0.3 is 6.09 Å². The molecule has 1 aliphatic heterocycles. The van der Waals surface area contributed by atoms with Crippen molar-refractivity contribution in [1.82, 2.24) is 16.2 Å². The molecule has 1 heterocycles. The molecule has 4 amide bonds. The quantitative estimate of drug-likeness (QED) is 0.384. The number of halogens is 2. The van der Waals surface area contributed by atoms with Crippen molar-refractivity contribution in [2.75, 3.05) is 10.7 Å². The maximum Gasteiger partial charge on any atom is 0.408 e. The minimum Gasteiger partial charge on any atom is -0.444 e. The van der Waals surface area contributed by atoms with Gasteiger partial charge in [0.1, 0.15) is 11.6 Å². The van der Waals surface area contributed by atoms with Crippen LogP contribution >= 0.6 is 39.3 Å². The molecule has 3 rings (SSSR count). The minimum atomic E-state index is -0.883. The van der Waals surface area contributed by atoms with Gasteiger partial charge in [-0.1, -0.05) is 44.5 Å². The Morgan fingerprint density at radius 2 is 1.72 bits per heavy atom. The summed E-state index contributed by atoms with van der Waals surface area (Å²) >= 11 is 10.9. The lowest BCUT2D eigenvalue weighted by atomic mass is 9.96. The van der Waals surface area contributed by atoms with E-state index < -0.39 is 29.1 Å². The van der Waals surface area contributed by atoms with Gasteiger partial charge < -0.3 is 15.0 Å². The van der Waals surface area contributed by atoms with E-state index in [1.807, 2.05) is 0 Å². The topological polar surface area (TPSA) is 117 Å². The molecule has 9 nitrogen and oxygen atoms in total. The molecule has 0 radical (unpaired) electrons. The van der Waals surface area contributed by atoms with Crippen molar-refractivity contribution >= 4 is 68.8 Å². The number of benzene rings is 2. The van der Waals surface area contributed by atoms with Gasteiger partial charge in [0.2, 0.25) is 5.91 Å². The summed E-state index contributed by atoms with van der Waals surface area (Å²) in [4.78, 5) is 53.9. The van der Waals surface area contributed by atoms with Gasteiger partial charge in [0.15, 0.2) is 0 Å². The highest BCUT2D eigenvalue weighted by Gasteiger charge is 2.34. The number of fused-ring (bicyclic) bond motifs is 1. The lowest BCUT2D eigenvalue weighted by Crippen LogP contribution is -2.50. The molecule has 0 aliphatic carbocycles. The lowest BCUT2D eigenvalue weighted by molar-refractivity contribution is -0.129. The summed E-state index contributed by atoms with van der Waals surface area (Å²) < 4.78 is 5.85. The monoisotopic (exact) mass is 638 g/mol. The summed E-state index contributed by atoms with van der Waals surface area (Å²) in [6.07, 6.45) is -0.699. The van der Waals surface area contributed by atoms with E-state index in [0.717, 1.165) is 10.5 Å². The second kappa shape index (κ2) is 12.2. The molecule has 0 spiro atoms. The molecule has 12 heteroatoms. The number of ether oxygens (including phenoxy) is 1. The maximum atomic E-state index is 13.8. The van der Waals surface area contributed by atoms with Crippen molar-refractivity contribution in [3.8, 4) is 0 Å². The van der Waals surface area contributed by atoms with E-state index in [1.165, 1.54) is 16.7 Å². The molecular weight excluding hydrogens is 608 g/mol. The van der Waals surface area contributed by atoms with Crippen LogP contribution in [0.25, 0.3) is 0 Å². The molecule has 1 atom stereocenters. The zero-order valence-electron chi connectivity index (χ0n) is 22.6. The third-order valence-electron chi connectivity index (χ3n) is 5.47. The molecule has 1 aliphatic rings. The fraction of sp³-hybridized carbons (Fsp3) is 0.407. The van der Waals surface area contributed by atoms with Gasteiger partial charge in [0.05, 0.1) is 17.8 Å². The van der Waals surface area contributed by atoms with Gasteiger partial charge in [0, 0.05) is 25.6 Å². The summed E-state index contributed by atoms with van der Waals surface area (Å²) in [5.74, 6) is -1.02. The van der Waals surface area contributed by atoms with E-state index in [1.54, 1.807) is 77.9 Å². The predicted octanol–water partition coefficient (Wildman–Crippen LogP) is 5.44. The number of nitrogens with one attached hydrogen (secondary N) is 3. The normalized spacial score (nSPS) is 15.6. The highest BCUT2D eigenvalue weighted by atomic mass is 79.9. The Morgan fingerprint density at radius 3 is 2.31 bits per heavy atom. The van der Waals surface area contributed by atoms with E-state index in [0.29, 0.717) is 15.2 Å². The van der Waals surface area contributed by atoms with Crippen LogP contribution in [0.2, 0.25) is 5.02 Å². The van der Waals surface area contributed by atoms with Gasteiger partial charge in [-0.3, -0.25) is 25.2 Å². The number of anilines is 1. The predicted molar refractivity (Wildman–Crippen MR) is 156 cm³/mol. The van der Waals surface area contributed by atoms with E-state index in [-0.39, 0.29) is 29.7 Å². The Bertz CT molecular complexity index is 1270. The molecule has 0 bridgehead atoms. The number of rotatable bonds is 4. The molecule has 0 aromatic heterocycles. The SMILES string of the molecule is CC(C)(C)OC(=O)N[C@H]1CSc2cc(Br)c(C(=O)NNC(=O)C(C)(C)C)cc2N(Cc2ccc(Cl)cc2)C1=O. The third-order valence-corrected chi connectivity index (χ3v) is 7.52. The first-order chi connectivity index (χ1) is 18.0. The number of carbonyl (C=O) groups is 4. The Hall–Kier alpha value is -2.76. The van der Waals surface area contributed by atoms with Crippen molar-refractivity contribution in [3.63, 3.8) is 0 Å². The number of thioether (sulfide) groups is 1. The minimum absolute atomic E-state index is 0.166. The summed E-state index contributed by atoms with van der Waals surface area (Å²) in [6.45, 7) is 10.6. The highest BCUT2D eigenvalue weighted by Crippen LogP contribution is 2.39. The number of hydrogen-bond acceptors (Lipinski definition) is 6. The fourth-order valence-electron chi connectivity index (χ4n) is 3.45. The van der Waals surface area contributed by atoms with Crippen molar-refractivity contribution in [1.29, 1.82) is 0 Å². The van der Waals surface area contributed by atoms with Crippen molar-refractivity contribution in [2.24, 2.45) is 5.41 Å². The lowest BCUT2D eigenvalue weighted by Gasteiger charge is -2.27. The Morgan fingerprint density at radius 1 is 1.08 bits per heavy atom. The van der Waals surface area contributed by atoms with Gasteiger partial charge in [0.25, 0.3) is 11.8 Å². The van der Waals surface area contributed by atoms with Gasteiger partial charge in [-0.2, -0.15) is 0 Å². The second-order valence-electron chi connectivity index (χ2n) is 11.0. The number of hydrogen-bond donors (Lipinski definition) is 3. The molecule has 210 valence electrons. The van der Waals surface area contributed by atoms with Crippen LogP contribution in [0.3, 0.4) is 0 Å². The molecule has 0 saturated carbocycles. The van der Waals surface area contributed by atoms with E-state index in [9.17, 15) is 19.2 Å². The van der Waals surface area contributed by atoms with Crippen LogP contribution in [0, 0.1) is 5.41 Å². The summed E-state index contributed by atoms with van der Waals surface area (Å²) in [5, 5.41) is 3.25. The smallest absolute Gasteiger partial charge is 0.408 e. The average Bonchev–Trinajstić information content (AvgIpc) is 2.93. The molecule has 0 fully saturated rings. The number of nitrogens with zero attached hydrogens (tertiary/aromatic N) is 1. The van der Waals surface area contributed by atoms with Crippen LogP contribution in [0.15, 0.2) is 45.8 Å². The van der Waals surface area contributed by atoms with Gasteiger partial charge in [-0.05, 0) is 66.5 Å². The van der Waals surface area contributed by atoms with Crippen molar-refractivity contribution < 1.29 is 23.9 Å². The van der Waals surface area contributed by atoms with E-state index in [2.05, 4.69) is 32.1 Å². The Balaban J connectivity index is 1.97. The van der Waals surface area contributed by atoms with Crippen LogP contribution in [0.1, 0.15) is 57.5 Å². The first-order valence-corrected chi connectivity index (χ1v) is 14.3. The van der Waals surface area contributed by atoms with E-state index >= 15 is 0 Å². The zero-order valence-corrected chi connectivity index (χ0v) is 25.8. The molecule has 2 aromatic carbocycles. The number of hydrazine groups is 1. The molecule has 2 aromatic rings. The summed E-state index contributed by atoms with van der Waals surface area (Å²) in [5.41, 5.74) is 4.95. The molecule has 0 unspecified atom stereocenters. The molecular formula is C27H32BrClN4O5S. The van der Waals surface area contributed by atoms with Crippen molar-refractivity contribution in [3.05, 3.63) is 57.0 Å². The van der Waals surface area contributed by atoms with Crippen molar-refractivity contribution in [2.45, 2.75) is 64.6 Å². The van der Waals surface area contributed by atoms with Crippen LogP contribution in [-0.4, -0.2) is 41.2 Å². The molecule has 39 heavy (non-hydrogen) atoms. The first-order valence-electron chi connectivity index (χ1n) is 12.2. The standard InChI is InChI=1S/C27H32BrClN4O5S/c1-26(2,3)24(36)32-31-22(34)17-11-20-21(12-18(17)28)39-14-19(30-25(37)38-27(4,5)6)23(35)33(20)13-15-7-9-16(29)10-8-15/h7-12,19H,13-14H2,1-6H3,(H,30,37)(H,31,34)(H,32,36)/t19-/m0/s1. The third kappa shape index (κ3) is 8.36. The van der Waals surface area contributed by atoms with Gasteiger partial charge in [-0.15, -0.1) is 11.8 Å². The number of amides is 4. The number of carbonyl (C=O) groups excluding carboxylic acids is 4. The maximum absolute atomic E-state index is 13.8. The Labute approximate surface area is 245 Å². The second-order valence-corrected chi connectivity index (χ2v) is 13.4. The summed E-state index contributed by atoms with van der Waals surface area (Å²) in [7, 11) is 0. The Kier molecular flexibility index (Phi) is 9.61. The zero-order chi connectivity index (χ0) is 29.1. The van der Waals surface area contributed by atoms with Gasteiger partial charge in [-0.25, -0.2) is 4.79 Å². The summed E-state index contributed by atoms with van der Waals surface area (Å²) in [6, 6.07) is 9.52.